The van der Waals surface area contributed by atoms with E-state index in [-0.39, 0.29) is 0 Å². The molecule has 0 saturated heterocycles. The predicted octanol–water partition coefficient (Wildman–Crippen LogP) is 3.50. The number of para-hydroxylation sites is 1. The van der Waals surface area contributed by atoms with Crippen molar-refractivity contribution in [2.75, 3.05) is 33.4 Å². The summed E-state index contributed by atoms with van der Waals surface area (Å²) in [7, 11) is 1.75. The molecule has 3 heteroatoms. The van der Waals surface area contributed by atoms with Gasteiger partial charge < -0.3 is 14.8 Å². The van der Waals surface area contributed by atoms with E-state index in [1.807, 2.05) is 30.3 Å². The number of ether oxygens (including phenoxy) is 2. The number of hydrogen-bond acceptors (Lipinski definition) is 3. The van der Waals surface area contributed by atoms with Crippen LogP contribution in [0.5, 0.6) is 5.75 Å². The smallest absolute Gasteiger partial charge is 0.119 e. The fourth-order valence-electron chi connectivity index (χ4n) is 3.24. The standard InChI is InChI=1S/C18H29NO2/c1-20-14-12-19-15-17(16-7-5-6-8-16)11-13-21-18-9-3-2-4-10-18/h2-4,9-10,16-17,19H,5-8,11-15H2,1H3. The van der Waals surface area contributed by atoms with Crippen molar-refractivity contribution in [2.45, 2.75) is 32.1 Å². The summed E-state index contributed by atoms with van der Waals surface area (Å²) in [4.78, 5) is 0. The van der Waals surface area contributed by atoms with Crippen LogP contribution in [0.15, 0.2) is 30.3 Å². The Kier molecular flexibility index (Phi) is 7.61. The van der Waals surface area contributed by atoms with Crippen molar-refractivity contribution < 1.29 is 9.47 Å². The van der Waals surface area contributed by atoms with Gasteiger partial charge in [-0.05, 0) is 36.9 Å². The molecule has 1 atom stereocenters. The zero-order valence-electron chi connectivity index (χ0n) is 13.2. The van der Waals surface area contributed by atoms with Crippen LogP contribution < -0.4 is 10.1 Å². The van der Waals surface area contributed by atoms with Crippen LogP contribution in [-0.2, 0) is 4.74 Å². The first-order valence-electron chi connectivity index (χ1n) is 8.27. The molecule has 0 bridgehead atoms. The Morgan fingerprint density at radius 3 is 2.62 bits per heavy atom. The number of benzene rings is 1. The van der Waals surface area contributed by atoms with Crippen molar-refractivity contribution in [3.63, 3.8) is 0 Å². The first-order chi connectivity index (χ1) is 10.4. The Balaban J connectivity index is 1.72. The van der Waals surface area contributed by atoms with Crippen LogP contribution in [0, 0.1) is 11.8 Å². The van der Waals surface area contributed by atoms with E-state index in [2.05, 4.69) is 5.32 Å². The van der Waals surface area contributed by atoms with Gasteiger partial charge in [-0.15, -0.1) is 0 Å². The Morgan fingerprint density at radius 1 is 1.14 bits per heavy atom. The fraction of sp³-hybridized carbons (Fsp3) is 0.667. The van der Waals surface area contributed by atoms with Gasteiger partial charge in [0.25, 0.3) is 0 Å². The van der Waals surface area contributed by atoms with Gasteiger partial charge in [-0.1, -0.05) is 43.9 Å². The van der Waals surface area contributed by atoms with Gasteiger partial charge in [0, 0.05) is 13.7 Å². The summed E-state index contributed by atoms with van der Waals surface area (Å²) in [5.74, 6) is 2.59. The third kappa shape index (κ3) is 6.06. The molecule has 3 nitrogen and oxygen atoms in total. The average Bonchev–Trinajstić information content (AvgIpc) is 3.05. The van der Waals surface area contributed by atoms with Gasteiger partial charge in [0.05, 0.1) is 13.2 Å². The Hall–Kier alpha value is -1.06. The molecule has 1 unspecified atom stereocenters. The summed E-state index contributed by atoms with van der Waals surface area (Å²) >= 11 is 0. The lowest BCUT2D eigenvalue weighted by Crippen LogP contribution is -2.30. The van der Waals surface area contributed by atoms with E-state index in [1.165, 1.54) is 25.7 Å². The molecule has 1 aliphatic rings. The molecule has 1 aliphatic carbocycles. The molecule has 0 heterocycles. The highest BCUT2D eigenvalue weighted by Crippen LogP contribution is 2.32. The van der Waals surface area contributed by atoms with Crippen molar-refractivity contribution in [2.24, 2.45) is 11.8 Å². The SMILES string of the molecule is COCCNCC(CCOc1ccccc1)C1CCCC1. The summed E-state index contributed by atoms with van der Waals surface area (Å²) in [6.45, 7) is 3.64. The summed E-state index contributed by atoms with van der Waals surface area (Å²) in [5, 5.41) is 3.53. The minimum Gasteiger partial charge on any atom is -0.494 e. The van der Waals surface area contributed by atoms with Crippen LogP contribution in [0.1, 0.15) is 32.1 Å². The van der Waals surface area contributed by atoms with E-state index < -0.39 is 0 Å². The Bertz CT molecular complexity index is 363. The third-order valence-electron chi connectivity index (χ3n) is 4.46. The van der Waals surface area contributed by atoms with Crippen molar-refractivity contribution in [1.82, 2.24) is 5.32 Å². The second-order valence-corrected chi connectivity index (χ2v) is 5.95. The van der Waals surface area contributed by atoms with Gasteiger partial charge in [-0.2, -0.15) is 0 Å². The average molecular weight is 291 g/mol. The Labute approximate surface area is 129 Å². The lowest BCUT2D eigenvalue weighted by Gasteiger charge is -2.24. The van der Waals surface area contributed by atoms with Crippen LogP contribution in [-0.4, -0.2) is 33.4 Å². The molecule has 0 radical (unpaired) electrons. The molecule has 118 valence electrons. The second kappa shape index (κ2) is 9.80. The number of rotatable bonds is 10. The molecule has 0 amide bonds. The normalized spacial score (nSPS) is 17.0. The zero-order valence-corrected chi connectivity index (χ0v) is 13.2. The minimum atomic E-state index is 0.730. The third-order valence-corrected chi connectivity index (χ3v) is 4.46. The monoisotopic (exact) mass is 291 g/mol. The van der Waals surface area contributed by atoms with Gasteiger partial charge in [-0.25, -0.2) is 0 Å². The second-order valence-electron chi connectivity index (χ2n) is 5.95. The van der Waals surface area contributed by atoms with Gasteiger partial charge in [0.2, 0.25) is 0 Å². The minimum absolute atomic E-state index is 0.730. The van der Waals surface area contributed by atoms with E-state index in [1.54, 1.807) is 7.11 Å². The molecule has 1 aromatic rings. The number of methoxy groups -OCH3 is 1. The molecule has 0 spiro atoms. The van der Waals surface area contributed by atoms with Crippen LogP contribution >= 0.6 is 0 Å². The van der Waals surface area contributed by atoms with Crippen LogP contribution in [0.3, 0.4) is 0 Å². The highest BCUT2D eigenvalue weighted by Gasteiger charge is 2.24. The maximum absolute atomic E-state index is 5.87. The van der Waals surface area contributed by atoms with Gasteiger partial charge in [0.1, 0.15) is 5.75 Å². The Morgan fingerprint density at radius 2 is 1.90 bits per heavy atom. The lowest BCUT2D eigenvalue weighted by atomic mass is 9.88. The van der Waals surface area contributed by atoms with Crippen molar-refractivity contribution in [3.8, 4) is 5.75 Å². The van der Waals surface area contributed by atoms with E-state index >= 15 is 0 Å². The molecule has 1 aromatic carbocycles. The predicted molar refractivity (Wildman–Crippen MR) is 86.7 cm³/mol. The molecular weight excluding hydrogens is 262 g/mol. The number of hydrogen-bond donors (Lipinski definition) is 1. The van der Waals surface area contributed by atoms with Crippen LogP contribution in [0.2, 0.25) is 0 Å². The topological polar surface area (TPSA) is 30.5 Å². The molecule has 2 rings (SSSR count). The summed E-state index contributed by atoms with van der Waals surface area (Å²) < 4.78 is 11.0. The summed E-state index contributed by atoms with van der Waals surface area (Å²) in [6.07, 6.45) is 6.72. The lowest BCUT2D eigenvalue weighted by molar-refractivity contribution is 0.189. The molecule has 21 heavy (non-hydrogen) atoms. The maximum Gasteiger partial charge on any atom is 0.119 e. The largest absolute Gasteiger partial charge is 0.494 e. The maximum atomic E-state index is 5.87. The highest BCUT2D eigenvalue weighted by molar-refractivity contribution is 5.20. The first-order valence-corrected chi connectivity index (χ1v) is 8.27. The van der Waals surface area contributed by atoms with Gasteiger partial charge >= 0.3 is 0 Å². The van der Waals surface area contributed by atoms with E-state index in [4.69, 9.17) is 9.47 Å². The summed E-state index contributed by atoms with van der Waals surface area (Å²) in [6, 6.07) is 10.1. The molecular formula is C18H29NO2. The fourth-order valence-corrected chi connectivity index (χ4v) is 3.24. The van der Waals surface area contributed by atoms with Crippen LogP contribution in [0.25, 0.3) is 0 Å². The van der Waals surface area contributed by atoms with E-state index in [0.29, 0.717) is 0 Å². The van der Waals surface area contributed by atoms with Crippen molar-refractivity contribution in [1.29, 1.82) is 0 Å². The first kappa shape index (κ1) is 16.3. The van der Waals surface area contributed by atoms with E-state index in [0.717, 1.165) is 50.3 Å². The van der Waals surface area contributed by atoms with Crippen LogP contribution in [0.4, 0.5) is 0 Å². The summed E-state index contributed by atoms with van der Waals surface area (Å²) in [5.41, 5.74) is 0. The van der Waals surface area contributed by atoms with Gasteiger partial charge in [-0.3, -0.25) is 0 Å². The molecule has 0 aliphatic heterocycles. The quantitative estimate of drug-likeness (QED) is 0.669. The van der Waals surface area contributed by atoms with Crippen molar-refractivity contribution >= 4 is 0 Å². The molecule has 1 saturated carbocycles. The van der Waals surface area contributed by atoms with Gasteiger partial charge in [0.15, 0.2) is 0 Å². The zero-order chi connectivity index (χ0) is 14.8. The molecule has 1 N–H and O–H groups in total. The van der Waals surface area contributed by atoms with E-state index in [9.17, 15) is 0 Å². The molecule has 1 fully saturated rings. The van der Waals surface area contributed by atoms with Crippen molar-refractivity contribution in [3.05, 3.63) is 30.3 Å². The molecule has 0 aromatic heterocycles. The highest BCUT2D eigenvalue weighted by atomic mass is 16.5. The number of nitrogens with one attached hydrogen (secondary N) is 1.